The molecule has 20 heavy (non-hydrogen) atoms. The van der Waals surface area contributed by atoms with Gasteiger partial charge in [-0.2, -0.15) is 5.10 Å². The molecule has 0 aliphatic heterocycles. The minimum Gasteiger partial charge on any atom is -0.330 e. The third-order valence-corrected chi connectivity index (χ3v) is 3.46. The zero-order valence-corrected chi connectivity index (χ0v) is 11.7. The van der Waals surface area contributed by atoms with Crippen molar-refractivity contribution in [3.63, 3.8) is 0 Å². The maximum Gasteiger partial charge on any atom is 0.123 e. The summed E-state index contributed by atoms with van der Waals surface area (Å²) >= 11 is 0. The van der Waals surface area contributed by atoms with Crippen molar-refractivity contribution in [3.8, 4) is 0 Å². The van der Waals surface area contributed by atoms with E-state index in [1.54, 1.807) is 0 Å². The molecule has 0 saturated carbocycles. The lowest BCUT2D eigenvalue weighted by Crippen LogP contribution is -2.18. The molecule has 1 N–H and O–H groups in total. The number of imidazole rings is 1. The Labute approximate surface area is 118 Å². The molecule has 0 atom stereocenters. The maximum absolute atomic E-state index is 4.64. The molecular weight excluding hydrogens is 250 g/mol. The normalized spacial score (nSPS) is 11.2. The lowest BCUT2D eigenvalue weighted by atomic mass is 10.3. The van der Waals surface area contributed by atoms with Crippen LogP contribution in [0, 0.1) is 0 Å². The van der Waals surface area contributed by atoms with Gasteiger partial charge in [0.15, 0.2) is 0 Å². The largest absolute Gasteiger partial charge is 0.330 e. The van der Waals surface area contributed by atoms with Gasteiger partial charge in [-0.05, 0) is 31.2 Å². The highest BCUT2D eigenvalue weighted by molar-refractivity contribution is 5.75. The second-order valence-electron chi connectivity index (χ2n) is 4.88. The van der Waals surface area contributed by atoms with Crippen molar-refractivity contribution in [1.82, 2.24) is 24.6 Å². The highest BCUT2D eigenvalue weighted by Crippen LogP contribution is 2.13. The van der Waals surface area contributed by atoms with Crippen molar-refractivity contribution in [2.45, 2.75) is 19.5 Å². The second kappa shape index (κ2) is 5.88. The molecule has 0 aliphatic rings. The molecule has 3 rings (SSSR count). The minimum atomic E-state index is 0.796. The van der Waals surface area contributed by atoms with Crippen LogP contribution >= 0.6 is 0 Å². The van der Waals surface area contributed by atoms with E-state index in [-0.39, 0.29) is 0 Å². The van der Waals surface area contributed by atoms with E-state index in [0.29, 0.717) is 0 Å². The van der Waals surface area contributed by atoms with Crippen molar-refractivity contribution in [2.75, 3.05) is 6.54 Å². The van der Waals surface area contributed by atoms with E-state index in [1.165, 1.54) is 5.52 Å². The molecule has 0 saturated heterocycles. The number of rotatable bonds is 6. The number of hydrogen-bond donors (Lipinski definition) is 1. The topological polar surface area (TPSA) is 47.7 Å². The zero-order valence-electron chi connectivity index (χ0n) is 11.7. The molecule has 5 heteroatoms. The predicted molar refractivity (Wildman–Crippen MR) is 79.3 cm³/mol. The van der Waals surface area contributed by atoms with E-state index in [0.717, 1.165) is 37.4 Å². The van der Waals surface area contributed by atoms with Gasteiger partial charge in [0.2, 0.25) is 0 Å². The average molecular weight is 269 g/mol. The lowest BCUT2D eigenvalue weighted by Gasteiger charge is -2.05. The Balaban J connectivity index is 1.51. The van der Waals surface area contributed by atoms with Crippen LogP contribution in [0.1, 0.15) is 12.2 Å². The van der Waals surface area contributed by atoms with Crippen LogP contribution in [-0.4, -0.2) is 25.9 Å². The molecule has 0 fully saturated rings. The number of aryl methyl sites for hydroxylation is 2. The first-order valence-electron chi connectivity index (χ1n) is 6.93. The lowest BCUT2D eigenvalue weighted by molar-refractivity contribution is 0.535. The average Bonchev–Trinajstić information content (AvgIpc) is 3.08. The van der Waals surface area contributed by atoms with E-state index < -0.39 is 0 Å². The molecule has 0 spiro atoms. The number of nitrogens with one attached hydrogen (secondary N) is 1. The predicted octanol–water partition coefficient (Wildman–Crippen LogP) is 1.95. The van der Waals surface area contributed by atoms with Gasteiger partial charge in [-0.3, -0.25) is 4.68 Å². The summed E-state index contributed by atoms with van der Waals surface area (Å²) < 4.78 is 4.10. The summed E-state index contributed by atoms with van der Waals surface area (Å²) in [6.07, 6.45) is 4.87. The summed E-state index contributed by atoms with van der Waals surface area (Å²) in [5.74, 6) is 1.07. The third kappa shape index (κ3) is 2.72. The van der Waals surface area contributed by atoms with Gasteiger partial charge in [0.05, 0.1) is 17.6 Å². The van der Waals surface area contributed by atoms with Gasteiger partial charge >= 0.3 is 0 Å². The Kier molecular flexibility index (Phi) is 3.78. The van der Waals surface area contributed by atoms with Crippen LogP contribution in [0.25, 0.3) is 11.0 Å². The number of fused-ring (bicyclic) bond motifs is 1. The zero-order chi connectivity index (χ0) is 13.8. The fourth-order valence-electron chi connectivity index (χ4n) is 2.35. The first-order valence-corrected chi connectivity index (χ1v) is 6.93. The standard InChI is InChI=1S/C15H19N5/c1-19-14-7-3-2-6-13(14)18-15(19)12-16-8-4-10-20-11-5-9-17-20/h2-3,5-7,9,11,16H,4,8,10,12H2,1H3. The molecular formula is C15H19N5. The molecule has 5 nitrogen and oxygen atoms in total. The number of aromatic nitrogens is 4. The summed E-state index contributed by atoms with van der Waals surface area (Å²) in [6.45, 7) is 2.70. The minimum absolute atomic E-state index is 0.796. The van der Waals surface area contributed by atoms with Crippen molar-refractivity contribution >= 4 is 11.0 Å². The second-order valence-corrected chi connectivity index (χ2v) is 4.88. The number of para-hydroxylation sites is 2. The molecule has 1 aromatic carbocycles. The molecule has 3 aromatic rings. The Morgan fingerprint density at radius 3 is 2.90 bits per heavy atom. The van der Waals surface area contributed by atoms with Crippen LogP contribution in [0.5, 0.6) is 0 Å². The van der Waals surface area contributed by atoms with Crippen molar-refractivity contribution in [2.24, 2.45) is 7.05 Å². The van der Waals surface area contributed by atoms with E-state index in [2.05, 4.69) is 39.1 Å². The molecule has 2 heterocycles. The highest BCUT2D eigenvalue weighted by atomic mass is 15.3. The summed E-state index contributed by atoms with van der Waals surface area (Å²) in [7, 11) is 2.07. The van der Waals surface area contributed by atoms with Gasteiger partial charge in [0.1, 0.15) is 5.82 Å². The molecule has 0 amide bonds. The quantitative estimate of drug-likeness (QED) is 0.696. The van der Waals surface area contributed by atoms with Crippen LogP contribution in [0.2, 0.25) is 0 Å². The summed E-state index contributed by atoms with van der Waals surface area (Å²) in [6, 6.07) is 10.2. The van der Waals surface area contributed by atoms with Gasteiger partial charge in [-0.1, -0.05) is 12.1 Å². The van der Waals surface area contributed by atoms with Crippen molar-refractivity contribution < 1.29 is 0 Å². The van der Waals surface area contributed by atoms with Crippen LogP contribution < -0.4 is 5.32 Å². The number of hydrogen-bond acceptors (Lipinski definition) is 3. The van der Waals surface area contributed by atoms with Crippen molar-refractivity contribution in [3.05, 3.63) is 48.5 Å². The molecule has 0 aliphatic carbocycles. The molecule has 104 valence electrons. The monoisotopic (exact) mass is 269 g/mol. The smallest absolute Gasteiger partial charge is 0.123 e. The van der Waals surface area contributed by atoms with Crippen LogP contribution in [-0.2, 0) is 20.1 Å². The van der Waals surface area contributed by atoms with Crippen LogP contribution in [0.3, 0.4) is 0 Å². The van der Waals surface area contributed by atoms with Gasteiger partial charge < -0.3 is 9.88 Å². The Hall–Kier alpha value is -2.14. The van der Waals surface area contributed by atoms with Gasteiger partial charge in [-0.15, -0.1) is 0 Å². The first kappa shape index (κ1) is 12.9. The summed E-state index contributed by atoms with van der Waals surface area (Å²) in [4.78, 5) is 4.64. The SMILES string of the molecule is Cn1c(CNCCCn2cccn2)nc2ccccc21. The van der Waals surface area contributed by atoms with E-state index >= 15 is 0 Å². The van der Waals surface area contributed by atoms with Gasteiger partial charge in [0, 0.05) is 26.0 Å². The highest BCUT2D eigenvalue weighted by Gasteiger charge is 2.05. The molecule has 0 unspecified atom stereocenters. The van der Waals surface area contributed by atoms with E-state index in [4.69, 9.17) is 0 Å². The molecule has 0 bridgehead atoms. The van der Waals surface area contributed by atoms with Crippen LogP contribution in [0.4, 0.5) is 0 Å². The number of benzene rings is 1. The summed E-state index contributed by atoms with van der Waals surface area (Å²) in [5.41, 5.74) is 2.24. The van der Waals surface area contributed by atoms with Crippen LogP contribution in [0.15, 0.2) is 42.7 Å². The molecule has 2 aromatic heterocycles. The Bertz CT molecular complexity index is 669. The number of nitrogens with zero attached hydrogens (tertiary/aromatic N) is 4. The van der Waals surface area contributed by atoms with E-state index in [9.17, 15) is 0 Å². The summed E-state index contributed by atoms with van der Waals surface area (Å²) in [5, 5.41) is 7.63. The third-order valence-electron chi connectivity index (χ3n) is 3.46. The van der Waals surface area contributed by atoms with Crippen molar-refractivity contribution in [1.29, 1.82) is 0 Å². The fourth-order valence-corrected chi connectivity index (χ4v) is 2.35. The van der Waals surface area contributed by atoms with Gasteiger partial charge in [-0.25, -0.2) is 4.98 Å². The Morgan fingerprint density at radius 2 is 2.10 bits per heavy atom. The maximum atomic E-state index is 4.64. The first-order chi connectivity index (χ1) is 9.84. The Morgan fingerprint density at radius 1 is 1.20 bits per heavy atom. The fraction of sp³-hybridized carbons (Fsp3) is 0.333. The van der Waals surface area contributed by atoms with E-state index in [1.807, 2.05) is 35.3 Å². The molecule has 0 radical (unpaired) electrons. The van der Waals surface area contributed by atoms with Gasteiger partial charge in [0.25, 0.3) is 0 Å².